The minimum Gasteiger partial charge on any atom is -0.465 e. The third-order valence-corrected chi connectivity index (χ3v) is 4.86. The van der Waals surface area contributed by atoms with E-state index in [1.807, 2.05) is 43.4 Å². The zero-order chi connectivity index (χ0) is 16.7. The minimum absolute atomic E-state index is 0.194. The lowest BCUT2D eigenvalue weighted by Gasteiger charge is -2.42. The van der Waals surface area contributed by atoms with Crippen LogP contribution in [0.3, 0.4) is 0 Å². The molecule has 2 atom stereocenters. The molecule has 1 fully saturated rings. The molecule has 0 aromatic heterocycles. The van der Waals surface area contributed by atoms with Crippen LogP contribution in [0.25, 0.3) is 0 Å². The van der Waals surface area contributed by atoms with Crippen LogP contribution in [0.15, 0.2) is 18.2 Å². The molecule has 0 bridgehead atoms. The first-order chi connectivity index (χ1) is 10.1. The normalized spacial score (nSPS) is 25.3. The number of likely N-dealkylation sites (tertiary alicyclic amines) is 1. The van der Waals surface area contributed by atoms with Gasteiger partial charge in [0.1, 0.15) is 5.54 Å². The molecule has 0 saturated carbocycles. The van der Waals surface area contributed by atoms with Gasteiger partial charge in [0.2, 0.25) is 0 Å². The van der Waals surface area contributed by atoms with Crippen molar-refractivity contribution in [2.75, 3.05) is 6.54 Å². The summed E-state index contributed by atoms with van der Waals surface area (Å²) < 4.78 is 15.1. The Morgan fingerprint density at radius 3 is 2.59 bits per heavy atom. The van der Waals surface area contributed by atoms with Crippen molar-refractivity contribution in [2.24, 2.45) is 0 Å². The van der Waals surface area contributed by atoms with E-state index in [1.165, 1.54) is 6.07 Å². The highest BCUT2D eigenvalue weighted by atomic mass is 127. The number of rotatable bonds is 2. The Morgan fingerprint density at radius 1 is 1.45 bits per heavy atom. The first-order valence-corrected chi connectivity index (χ1v) is 8.05. The van der Waals surface area contributed by atoms with Crippen molar-refractivity contribution in [3.05, 3.63) is 27.6 Å². The van der Waals surface area contributed by atoms with Crippen molar-refractivity contribution < 1.29 is 19.1 Å². The number of carbonyl (C=O) groups excluding carboxylic acids is 1. The fraction of sp³-hybridized carbons (Fsp3) is 0.467. The molecule has 1 aliphatic heterocycles. The molecule has 1 saturated heterocycles. The van der Waals surface area contributed by atoms with Crippen molar-refractivity contribution in [3.8, 4) is 0 Å². The topological polar surface area (TPSA) is 66.4 Å². The van der Waals surface area contributed by atoms with Crippen LogP contribution >= 0.6 is 22.6 Å². The van der Waals surface area contributed by atoms with E-state index in [1.54, 1.807) is 12.1 Å². The lowest BCUT2D eigenvalue weighted by atomic mass is 9.99. The summed E-state index contributed by atoms with van der Waals surface area (Å²) in [5.74, 6) is -0.749. The van der Waals surface area contributed by atoms with Gasteiger partial charge < -0.3 is 10.4 Å². The average Bonchev–Trinajstić information content (AvgIpc) is 2.67. The number of quaternary nitrogens is 1. The van der Waals surface area contributed by atoms with Gasteiger partial charge in [-0.1, -0.05) is 0 Å². The summed E-state index contributed by atoms with van der Waals surface area (Å²) in [4.78, 5) is 23.8. The average molecular weight is 421 g/mol. The zero-order valence-corrected chi connectivity index (χ0v) is 14.8. The van der Waals surface area contributed by atoms with Crippen LogP contribution in [0, 0.1) is 9.39 Å². The van der Waals surface area contributed by atoms with Crippen molar-refractivity contribution in [1.29, 1.82) is 0 Å². The molecule has 1 aromatic carbocycles. The molecule has 5 nitrogen and oxygen atoms in total. The van der Waals surface area contributed by atoms with Gasteiger partial charge in [-0.15, -0.1) is 0 Å². The van der Waals surface area contributed by atoms with Crippen LogP contribution in [0.5, 0.6) is 0 Å². The van der Waals surface area contributed by atoms with E-state index in [0.29, 0.717) is 18.7 Å². The molecular formula is C15H19FIN2O3+. The second kappa shape index (κ2) is 5.77. The lowest BCUT2D eigenvalue weighted by molar-refractivity contribution is -0.132. The number of nitrogens with zero attached hydrogens (tertiary/aromatic N) is 1. The van der Waals surface area contributed by atoms with Gasteiger partial charge >= 0.3 is 12.0 Å². The molecule has 2 rings (SSSR count). The summed E-state index contributed by atoms with van der Waals surface area (Å²) in [5, 5.41) is 11.1. The molecular weight excluding hydrogens is 402 g/mol. The van der Waals surface area contributed by atoms with Crippen LogP contribution in [0.1, 0.15) is 27.2 Å². The van der Waals surface area contributed by atoms with E-state index < -0.39 is 23.5 Å². The Kier molecular flexibility index (Phi) is 4.49. The van der Waals surface area contributed by atoms with Crippen LogP contribution in [-0.4, -0.2) is 35.2 Å². The molecule has 1 aliphatic rings. The van der Waals surface area contributed by atoms with Gasteiger partial charge in [-0.2, -0.15) is 0 Å². The predicted molar refractivity (Wildman–Crippen MR) is 90.1 cm³/mol. The second-order valence-corrected chi connectivity index (χ2v) is 7.67. The van der Waals surface area contributed by atoms with E-state index in [9.17, 15) is 14.0 Å². The molecule has 1 heterocycles. The molecule has 2 amide bonds. The van der Waals surface area contributed by atoms with Gasteiger partial charge in [-0.05, 0) is 55.5 Å². The fourth-order valence-corrected chi connectivity index (χ4v) is 3.62. The Hall–Kier alpha value is -1.22. The summed E-state index contributed by atoms with van der Waals surface area (Å²) in [6, 6.07) is 3.97. The number of carbonyl (C=O) groups is 2. The van der Waals surface area contributed by atoms with Gasteiger partial charge in [-0.3, -0.25) is 0 Å². The minimum atomic E-state index is -1.24. The van der Waals surface area contributed by atoms with E-state index in [4.69, 9.17) is 5.11 Å². The molecule has 0 aliphatic carbocycles. The number of carboxylic acid groups (broad SMARTS) is 1. The Morgan fingerprint density at radius 2 is 2.09 bits per heavy atom. The first kappa shape index (κ1) is 17.1. The number of hydrogen-bond acceptors (Lipinski definition) is 2. The fourth-order valence-electron chi connectivity index (χ4n) is 3.16. The quantitative estimate of drug-likeness (QED) is 0.570. The molecule has 120 valence electrons. The summed E-state index contributed by atoms with van der Waals surface area (Å²) in [6.45, 7) is 5.97. The number of amides is 2. The summed E-state index contributed by atoms with van der Waals surface area (Å²) >= 11 is 2.01. The molecule has 0 radical (unpaired) electrons. The summed E-state index contributed by atoms with van der Waals surface area (Å²) in [7, 11) is 0. The molecule has 0 spiro atoms. The van der Waals surface area contributed by atoms with Crippen molar-refractivity contribution in [2.45, 2.75) is 38.8 Å². The maximum atomic E-state index is 14.5. The van der Waals surface area contributed by atoms with E-state index in [2.05, 4.69) is 5.32 Å². The predicted octanol–water partition coefficient (Wildman–Crippen LogP) is 3.10. The highest BCUT2D eigenvalue weighted by Crippen LogP contribution is 2.40. The number of hydrogen-bond donors (Lipinski definition) is 2. The SMILES string of the molecule is CC(C)(C)[N+]1(c2ccc(I)cc2F)CC[C@H](NC(=O)O)C1=O. The standard InChI is InChI=1S/C15H18FIN2O3/c1-15(2,3)19(12-5-4-9(17)8-10(12)16)7-6-11(13(19)20)18-14(21)22/h4-5,8,11,18H,6-7H2,1-3H3/p+1/t11-,19?/m0/s1. The van der Waals surface area contributed by atoms with Crippen LogP contribution in [-0.2, 0) is 4.79 Å². The second-order valence-electron chi connectivity index (χ2n) is 6.43. The third kappa shape index (κ3) is 2.71. The van der Waals surface area contributed by atoms with E-state index in [-0.39, 0.29) is 10.4 Å². The first-order valence-electron chi connectivity index (χ1n) is 6.97. The molecule has 22 heavy (non-hydrogen) atoms. The highest BCUT2D eigenvalue weighted by Gasteiger charge is 2.58. The lowest BCUT2D eigenvalue weighted by Crippen LogP contribution is -2.65. The Balaban J connectivity index is 2.56. The van der Waals surface area contributed by atoms with Crippen molar-refractivity contribution in [1.82, 2.24) is 9.80 Å². The molecule has 1 unspecified atom stereocenters. The van der Waals surface area contributed by atoms with Crippen molar-refractivity contribution >= 4 is 40.3 Å². The smallest absolute Gasteiger partial charge is 0.405 e. The van der Waals surface area contributed by atoms with Crippen LogP contribution in [0.4, 0.5) is 14.9 Å². The summed E-state index contributed by atoms with van der Waals surface area (Å²) in [6.07, 6.45) is -0.885. The van der Waals surface area contributed by atoms with E-state index in [0.717, 1.165) is 3.57 Å². The third-order valence-electron chi connectivity index (χ3n) is 4.19. The number of benzene rings is 1. The Bertz CT molecular complexity index is 630. The van der Waals surface area contributed by atoms with Gasteiger partial charge in [-0.25, -0.2) is 18.5 Å². The van der Waals surface area contributed by atoms with Gasteiger partial charge in [0.25, 0.3) is 0 Å². The number of nitrogens with one attached hydrogen (secondary N) is 1. The Labute approximate surface area is 142 Å². The van der Waals surface area contributed by atoms with Crippen LogP contribution < -0.4 is 9.80 Å². The van der Waals surface area contributed by atoms with E-state index >= 15 is 0 Å². The summed E-state index contributed by atoms with van der Waals surface area (Å²) in [5.41, 5.74) is -0.285. The van der Waals surface area contributed by atoms with Crippen molar-refractivity contribution in [3.63, 3.8) is 0 Å². The molecule has 7 heteroatoms. The maximum Gasteiger partial charge on any atom is 0.405 e. The highest BCUT2D eigenvalue weighted by molar-refractivity contribution is 14.1. The largest absolute Gasteiger partial charge is 0.465 e. The molecule has 2 N–H and O–H groups in total. The number of halogens is 2. The van der Waals surface area contributed by atoms with Gasteiger partial charge in [0.05, 0.1) is 6.54 Å². The van der Waals surface area contributed by atoms with Crippen LogP contribution in [0.2, 0.25) is 0 Å². The van der Waals surface area contributed by atoms with Gasteiger partial charge in [0.15, 0.2) is 17.5 Å². The van der Waals surface area contributed by atoms with Gasteiger partial charge in [0, 0.05) is 16.1 Å². The maximum absolute atomic E-state index is 14.5. The zero-order valence-electron chi connectivity index (χ0n) is 12.7. The monoisotopic (exact) mass is 421 g/mol. The molecule has 1 aromatic rings.